The van der Waals surface area contributed by atoms with Crippen molar-refractivity contribution in [1.82, 2.24) is 95.3 Å². The van der Waals surface area contributed by atoms with E-state index in [0.29, 0.717) is 65.5 Å². The molecule has 18 heterocycles. The zero-order valence-corrected chi connectivity index (χ0v) is 81.8. The molecule has 750 valence electrons. The smallest absolute Gasteiger partial charge is 0.276 e. The molecule has 10 N–H and O–H groups in total. The Morgan fingerprint density at radius 2 is 0.685 bits per heavy atom. The van der Waals surface area contributed by atoms with E-state index < -0.39 is 23.4 Å². The zero-order chi connectivity index (χ0) is 99.8. The number of aromatic nitrogens is 15. The summed E-state index contributed by atoms with van der Waals surface area (Å²) in [4.78, 5) is 99.5. The van der Waals surface area contributed by atoms with E-state index in [1.807, 2.05) is 145 Å². The number of hydrogen-bond donors (Lipinski definition) is 10. The number of benzene rings is 5. The quantitative estimate of drug-likeness (QED) is 0.0284. The van der Waals surface area contributed by atoms with Gasteiger partial charge in [-0.15, -0.1) is 0 Å². The molecule has 7 saturated heterocycles. The lowest BCUT2D eigenvalue weighted by atomic mass is 9.99. The van der Waals surface area contributed by atoms with Crippen LogP contribution in [0.2, 0.25) is 0 Å². The Bertz CT molecular complexity index is 7230. The summed E-state index contributed by atoms with van der Waals surface area (Å²) in [6.07, 6.45) is 35.2. The molecule has 0 saturated carbocycles. The van der Waals surface area contributed by atoms with E-state index in [1.54, 1.807) is 24.7 Å². The second-order valence-corrected chi connectivity index (χ2v) is 39.0. The van der Waals surface area contributed by atoms with Crippen LogP contribution in [0.1, 0.15) is 161 Å². The molecule has 0 unspecified atom stereocenters. The molecule has 7 aliphatic heterocycles. The number of H-pyrrole nitrogens is 4. The van der Waals surface area contributed by atoms with E-state index in [9.17, 15) is 38.2 Å². The Labute approximate surface area is 843 Å². The van der Waals surface area contributed by atoms with Crippen molar-refractivity contribution in [3.8, 4) is 44.5 Å². The van der Waals surface area contributed by atoms with Crippen LogP contribution in [-0.2, 0) is 30.9 Å². The summed E-state index contributed by atoms with van der Waals surface area (Å²) in [5.41, 5.74) is 18.7. The van der Waals surface area contributed by atoms with Crippen molar-refractivity contribution in [2.45, 2.75) is 135 Å². The molecule has 146 heavy (non-hydrogen) atoms. The van der Waals surface area contributed by atoms with Crippen LogP contribution >= 0.6 is 0 Å². The van der Waals surface area contributed by atoms with E-state index in [4.69, 9.17) is 4.74 Å². The summed E-state index contributed by atoms with van der Waals surface area (Å²) in [7, 11) is 0. The first kappa shape index (κ1) is 98.3. The predicted octanol–water partition coefficient (Wildman–Crippen LogP) is 17.5. The van der Waals surface area contributed by atoms with Gasteiger partial charge in [-0.25, -0.2) is 23.7 Å². The van der Waals surface area contributed by atoms with Gasteiger partial charge in [-0.2, -0.15) is 20.4 Å². The topological polar surface area (TPSA) is 394 Å². The van der Waals surface area contributed by atoms with Gasteiger partial charge in [-0.05, 0) is 269 Å². The Morgan fingerprint density at radius 3 is 1.05 bits per heavy atom. The first-order valence-electron chi connectivity index (χ1n) is 50.8. The van der Waals surface area contributed by atoms with Crippen LogP contribution in [0, 0.1) is 17.6 Å². The minimum absolute atomic E-state index is 0.181. The van der Waals surface area contributed by atoms with Gasteiger partial charge < -0.3 is 50.9 Å². The molecule has 0 bridgehead atoms. The van der Waals surface area contributed by atoms with Crippen molar-refractivity contribution in [3.63, 3.8) is 0 Å². The number of nitrogens with one attached hydrogen (secondary N) is 8. The molecule has 16 aromatic rings. The number of piperidine rings is 5. The number of nitrogens with zero attached hydrogens (tertiary/aromatic N) is 18. The van der Waals surface area contributed by atoms with Crippen molar-refractivity contribution >= 4 is 107 Å². The molecule has 0 atom stereocenters. The van der Waals surface area contributed by atoms with Gasteiger partial charge in [0.1, 0.15) is 17.5 Å². The lowest BCUT2D eigenvalue weighted by Crippen LogP contribution is -2.37. The maximum atomic E-state index is 14.8. The zero-order valence-electron chi connectivity index (χ0n) is 81.8. The second kappa shape index (κ2) is 46.3. The van der Waals surface area contributed by atoms with Crippen LogP contribution < -0.4 is 36.0 Å². The van der Waals surface area contributed by atoms with Crippen molar-refractivity contribution in [1.29, 1.82) is 0 Å². The van der Waals surface area contributed by atoms with Crippen molar-refractivity contribution in [2.75, 3.05) is 141 Å². The minimum atomic E-state index is -0.490. The molecule has 7 fully saturated rings. The fourth-order valence-corrected chi connectivity index (χ4v) is 20.1. The number of halogens is 2. The number of morpholine rings is 1. The second-order valence-electron chi connectivity index (χ2n) is 39.0. The summed E-state index contributed by atoms with van der Waals surface area (Å²) in [6.45, 7) is 20.1. The maximum absolute atomic E-state index is 14.8. The number of aromatic amines is 4. The molecule has 35 heteroatoms. The van der Waals surface area contributed by atoms with Crippen molar-refractivity contribution < 1.29 is 42.9 Å². The molecule has 23 rings (SSSR count). The van der Waals surface area contributed by atoms with E-state index in [1.165, 1.54) is 106 Å². The molecule has 4 amide bonds. The number of carbonyl (C=O) groups is 4. The van der Waals surface area contributed by atoms with Gasteiger partial charge in [0.05, 0.1) is 83.1 Å². The average Bonchev–Trinajstić information content (AvgIpc) is 1.59. The van der Waals surface area contributed by atoms with Gasteiger partial charge in [0.15, 0.2) is 34.4 Å². The first-order chi connectivity index (χ1) is 71.4. The van der Waals surface area contributed by atoms with Crippen LogP contribution in [-0.4, -0.2) is 246 Å². The standard InChI is InChI=1S/C30H35N7O.C28H30FN7O2.C28H31N7O2.C25H24FN5O2/c1-21-9-13-37(14-10-21)28-8-6-25(19-32-28)33-30(38)29-26-16-23(5-7-27(26)34-35-29)24-15-22(17-31-18-24)20-36-11-3-2-4-12-36;29-24-14-22(17-31-27(24)36-8-10-38-11-9-36)32-28(37)26-23-13-20(4-5-25(23)33-34-26)21-12-19(15-30-16-21)18-35-6-2-1-3-7-35;36-23-7-11-34(12-8-23)18-19-13-21(16-29-15-19)20-3-5-25-24(14-20)27(33-32-25)28(37)31-22-4-6-26(30-17-22)35-9-1-2-10-35;26-19-2-1-3-20(12-19)28-25(33)24-22-11-17(4-5-23(22)29-30-24)18-10-16(13-27-14-18)15-31-8-6-21(32)7-9-31/h5-8,15-19,21H,2-4,9-14,20H2,1H3,(H,33,38)(H,34,35);4-5,12-17H,1-3,6-11,18H2,(H,32,37)(H,33,34);3-6,13-17,23,36H,1-2,7-12,18H2,(H,31,37)(H,32,33);1-5,10-14,21,32H,6-9,15H2,(H,28,33)(H,29,30). The van der Waals surface area contributed by atoms with Gasteiger partial charge in [-0.1, -0.05) is 50.1 Å². The SMILES string of the molecule is CC1CCN(c2ccc(NC(=O)c3n[nH]c4ccc(-c5cncc(CN6CCCCC6)c5)cc34)cn2)CC1.O=C(Nc1ccc(N2CCCC2)nc1)c1n[nH]c2ccc(-c3cncc(CN4CCC(O)CC4)c3)cc12.O=C(Nc1cccc(F)c1)c1n[nH]c2ccc(-c3cncc(CN4CCC(O)CC4)c3)cc12.O=C(Nc1cnc(N2CCOCC2)c(F)c1)c1n[nH]c2ccc(-c3cncc(CN4CCCCC4)c3)cc12. The highest BCUT2D eigenvalue weighted by Crippen LogP contribution is 2.36. The Kier molecular flexibility index (Phi) is 31.2. The number of aliphatic hydroxyl groups is 2. The number of pyridine rings is 7. The van der Waals surface area contributed by atoms with E-state index in [0.717, 1.165) is 236 Å². The number of ether oxygens (including phenoxy) is 1. The lowest BCUT2D eigenvalue weighted by Gasteiger charge is -2.31. The number of hydrogen-bond acceptors (Lipinski definition) is 25. The number of anilines is 7. The lowest BCUT2D eigenvalue weighted by molar-refractivity contribution is 0.0790. The third-order valence-electron chi connectivity index (χ3n) is 28.3. The van der Waals surface area contributed by atoms with Gasteiger partial charge in [0.25, 0.3) is 23.6 Å². The van der Waals surface area contributed by atoms with Gasteiger partial charge in [-0.3, -0.25) is 79.1 Å². The molecule has 5 aromatic carbocycles. The Hall–Kier alpha value is -15.1. The normalized spacial score (nSPS) is 16.5. The fourth-order valence-electron chi connectivity index (χ4n) is 20.1. The number of likely N-dealkylation sites (tertiary alicyclic amines) is 4. The summed E-state index contributed by atoms with van der Waals surface area (Å²) in [5.74, 6) is 0.635. The molecular formula is C111H120F2N26O7. The summed E-state index contributed by atoms with van der Waals surface area (Å²) >= 11 is 0. The third-order valence-corrected chi connectivity index (χ3v) is 28.3. The number of amides is 4. The van der Waals surface area contributed by atoms with E-state index in [2.05, 4.69) is 158 Å². The number of rotatable bonds is 23. The minimum Gasteiger partial charge on any atom is -0.393 e. The Balaban J connectivity index is 0.000000119. The summed E-state index contributed by atoms with van der Waals surface area (Å²) in [6, 6.07) is 47.0. The summed E-state index contributed by atoms with van der Waals surface area (Å²) < 4.78 is 33.6. The van der Waals surface area contributed by atoms with E-state index >= 15 is 0 Å². The molecule has 0 spiro atoms. The molecule has 7 aliphatic rings. The van der Waals surface area contributed by atoms with Crippen LogP contribution in [0.15, 0.2) is 220 Å². The third kappa shape index (κ3) is 24.6. The van der Waals surface area contributed by atoms with Crippen molar-refractivity contribution in [3.05, 3.63) is 276 Å². The van der Waals surface area contributed by atoms with Crippen LogP contribution in [0.3, 0.4) is 0 Å². The van der Waals surface area contributed by atoms with Crippen LogP contribution in [0.5, 0.6) is 0 Å². The number of aliphatic hydroxyl groups excluding tert-OH is 2. The summed E-state index contributed by atoms with van der Waals surface area (Å²) in [5, 5.41) is 62.5. The highest BCUT2D eigenvalue weighted by Gasteiger charge is 2.28. The van der Waals surface area contributed by atoms with Crippen LogP contribution in [0.25, 0.3) is 88.1 Å². The molecule has 0 radical (unpaired) electrons. The highest BCUT2D eigenvalue weighted by molar-refractivity contribution is 6.15. The van der Waals surface area contributed by atoms with Crippen LogP contribution in [0.4, 0.5) is 49.0 Å². The molecular weight excluding hydrogens is 1850 g/mol. The number of carbonyl (C=O) groups excluding carboxylic acids is 4. The fraction of sp³-hybridized carbons (Fsp3) is 0.342. The average molecular weight is 1970 g/mol. The first-order valence-corrected chi connectivity index (χ1v) is 50.8. The molecule has 33 nitrogen and oxygen atoms in total. The Morgan fingerprint density at radius 1 is 0.336 bits per heavy atom. The number of fused-ring (bicyclic) bond motifs is 4. The van der Waals surface area contributed by atoms with Gasteiger partial charge in [0.2, 0.25) is 0 Å². The predicted molar refractivity (Wildman–Crippen MR) is 563 cm³/mol. The van der Waals surface area contributed by atoms with Gasteiger partial charge in [0, 0.05) is 197 Å². The molecule has 0 aliphatic carbocycles. The van der Waals surface area contributed by atoms with E-state index in [-0.39, 0.29) is 46.9 Å². The maximum Gasteiger partial charge on any atom is 0.276 e. The largest absolute Gasteiger partial charge is 0.393 e. The highest BCUT2D eigenvalue weighted by atomic mass is 19.1. The molecule has 11 aromatic heterocycles. The monoisotopic (exact) mass is 1970 g/mol. The van der Waals surface area contributed by atoms with Crippen molar-refractivity contribution in [2.24, 2.45) is 5.92 Å². The van der Waals surface area contributed by atoms with Gasteiger partial charge >= 0.3 is 0 Å².